The summed E-state index contributed by atoms with van der Waals surface area (Å²) in [6.07, 6.45) is 0. The lowest BCUT2D eigenvalue weighted by molar-refractivity contribution is -0.384. The van der Waals surface area contributed by atoms with Gasteiger partial charge in [0.25, 0.3) is 5.69 Å². The zero-order chi connectivity index (χ0) is 17.0. The van der Waals surface area contributed by atoms with E-state index >= 15 is 0 Å². The first kappa shape index (κ1) is 16.1. The Morgan fingerprint density at radius 2 is 1.78 bits per heavy atom. The van der Waals surface area contributed by atoms with Gasteiger partial charge in [-0.2, -0.15) is 5.10 Å². The third-order valence-electron chi connectivity index (χ3n) is 3.05. The van der Waals surface area contributed by atoms with Crippen LogP contribution in [-0.4, -0.2) is 40.9 Å². The highest BCUT2D eigenvalue weighted by molar-refractivity contribution is 5.93. The minimum atomic E-state index is -0.683. The maximum absolute atomic E-state index is 11.8. The van der Waals surface area contributed by atoms with Gasteiger partial charge in [-0.3, -0.25) is 14.8 Å². The molecule has 0 radical (unpaired) electrons. The van der Waals surface area contributed by atoms with Crippen LogP contribution >= 0.6 is 0 Å². The van der Waals surface area contributed by atoms with Crippen LogP contribution in [0.3, 0.4) is 0 Å². The van der Waals surface area contributed by atoms with Crippen molar-refractivity contribution in [1.29, 1.82) is 0 Å². The maximum Gasteiger partial charge on any atom is 0.358 e. The molecule has 0 unspecified atom stereocenters. The number of aromatic nitrogens is 2. The molecule has 1 heterocycles. The summed E-state index contributed by atoms with van der Waals surface area (Å²) in [6.45, 7) is 0.138. The van der Waals surface area contributed by atoms with Crippen LogP contribution in [0.25, 0.3) is 0 Å². The van der Waals surface area contributed by atoms with E-state index < -0.39 is 16.9 Å². The van der Waals surface area contributed by atoms with Gasteiger partial charge in [-0.05, 0) is 5.56 Å². The lowest BCUT2D eigenvalue weighted by Crippen LogP contribution is -2.13. The first-order valence-electron chi connectivity index (χ1n) is 6.44. The lowest BCUT2D eigenvalue weighted by Gasteiger charge is -2.06. The molecule has 120 valence electrons. The normalized spacial score (nSPS) is 10.2. The molecule has 2 rings (SSSR count). The average Bonchev–Trinajstić information content (AvgIpc) is 2.97. The molecule has 23 heavy (non-hydrogen) atoms. The van der Waals surface area contributed by atoms with Crippen LogP contribution in [0.1, 0.15) is 26.5 Å². The Morgan fingerprint density at radius 3 is 2.30 bits per heavy atom. The summed E-state index contributed by atoms with van der Waals surface area (Å²) >= 11 is 0. The van der Waals surface area contributed by atoms with Crippen molar-refractivity contribution < 1.29 is 24.0 Å². The highest BCUT2D eigenvalue weighted by atomic mass is 16.6. The number of benzene rings is 1. The summed E-state index contributed by atoms with van der Waals surface area (Å²) in [6, 6.07) is 7.04. The number of methoxy groups -OCH3 is 2. The summed E-state index contributed by atoms with van der Waals surface area (Å²) in [5.41, 5.74) is 0.666. The van der Waals surface area contributed by atoms with Gasteiger partial charge in [0.05, 0.1) is 25.7 Å². The fourth-order valence-electron chi connectivity index (χ4n) is 1.91. The molecule has 9 heteroatoms. The number of nitro groups is 1. The number of nitrogens with zero attached hydrogens (tertiary/aromatic N) is 3. The van der Waals surface area contributed by atoms with Gasteiger partial charge < -0.3 is 9.47 Å². The molecule has 0 bridgehead atoms. The van der Waals surface area contributed by atoms with Crippen LogP contribution in [0.5, 0.6) is 0 Å². The van der Waals surface area contributed by atoms with E-state index in [0.29, 0.717) is 5.56 Å². The van der Waals surface area contributed by atoms with Gasteiger partial charge in [0.2, 0.25) is 0 Å². The van der Waals surface area contributed by atoms with E-state index in [9.17, 15) is 19.7 Å². The van der Waals surface area contributed by atoms with E-state index in [1.54, 1.807) is 12.1 Å². The van der Waals surface area contributed by atoms with E-state index in [-0.39, 0.29) is 23.6 Å². The highest BCUT2D eigenvalue weighted by Crippen LogP contribution is 2.15. The minimum Gasteiger partial charge on any atom is -0.464 e. The van der Waals surface area contributed by atoms with Crippen LogP contribution in [-0.2, 0) is 16.0 Å². The van der Waals surface area contributed by atoms with Crippen molar-refractivity contribution in [2.24, 2.45) is 0 Å². The van der Waals surface area contributed by atoms with Gasteiger partial charge >= 0.3 is 11.9 Å². The van der Waals surface area contributed by atoms with Gasteiger partial charge in [-0.25, -0.2) is 9.59 Å². The van der Waals surface area contributed by atoms with Crippen LogP contribution in [0.15, 0.2) is 30.3 Å². The lowest BCUT2D eigenvalue weighted by atomic mass is 10.2. The molecule has 0 amide bonds. The van der Waals surface area contributed by atoms with E-state index in [0.717, 1.165) is 0 Å². The zero-order valence-corrected chi connectivity index (χ0v) is 12.4. The molecule has 1 aromatic heterocycles. The quantitative estimate of drug-likeness (QED) is 0.465. The van der Waals surface area contributed by atoms with E-state index in [1.807, 2.05) is 0 Å². The summed E-state index contributed by atoms with van der Waals surface area (Å²) in [4.78, 5) is 33.4. The fourth-order valence-corrected chi connectivity index (χ4v) is 1.91. The van der Waals surface area contributed by atoms with Crippen molar-refractivity contribution in [3.63, 3.8) is 0 Å². The molecular weight excluding hydrogens is 306 g/mol. The molecule has 1 aromatic carbocycles. The standard InChI is InChI=1S/C14H13N3O6/c1-22-13(18)11-7-12(14(19)23-2)16(15-11)8-9-3-5-10(6-4-9)17(20)21/h3-7H,8H2,1-2H3. The molecule has 0 aliphatic rings. The number of ether oxygens (including phenoxy) is 2. The summed E-state index contributed by atoms with van der Waals surface area (Å²) in [5.74, 6) is -1.34. The Hall–Kier alpha value is -3.23. The van der Waals surface area contributed by atoms with Crippen molar-refractivity contribution in [3.8, 4) is 0 Å². The monoisotopic (exact) mass is 319 g/mol. The van der Waals surface area contributed by atoms with Crippen LogP contribution in [0.2, 0.25) is 0 Å². The predicted molar refractivity (Wildman–Crippen MR) is 77.1 cm³/mol. The Kier molecular flexibility index (Phi) is 4.69. The third-order valence-corrected chi connectivity index (χ3v) is 3.05. The van der Waals surface area contributed by atoms with Gasteiger partial charge in [-0.1, -0.05) is 12.1 Å². The topological polar surface area (TPSA) is 114 Å². The second-order valence-electron chi connectivity index (χ2n) is 4.48. The summed E-state index contributed by atoms with van der Waals surface area (Å²) < 4.78 is 10.5. The smallest absolute Gasteiger partial charge is 0.358 e. The first-order chi connectivity index (χ1) is 11.0. The van der Waals surface area contributed by atoms with Crippen LogP contribution < -0.4 is 0 Å². The van der Waals surface area contributed by atoms with E-state index in [1.165, 1.54) is 37.1 Å². The Balaban J connectivity index is 2.33. The Labute approximate surface area is 130 Å². The molecule has 0 atom stereocenters. The average molecular weight is 319 g/mol. The number of hydrogen-bond donors (Lipinski definition) is 0. The molecule has 0 fully saturated rings. The number of hydrogen-bond acceptors (Lipinski definition) is 7. The Morgan fingerprint density at radius 1 is 1.17 bits per heavy atom. The van der Waals surface area contributed by atoms with Crippen molar-refractivity contribution in [1.82, 2.24) is 9.78 Å². The molecule has 0 saturated heterocycles. The first-order valence-corrected chi connectivity index (χ1v) is 6.44. The van der Waals surface area contributed by atoms with Crippen LogP contribution in [0.4, 0.5) is 5.69 Å². The fraction of sp³-hybridized carbons (Fsp3) is 0.214. The Bertz CT molecular complexity index is 750. The molecule has 0 aliphatic heterocycles. The van der Waals surface area contributed by atoms with Gasteiger partial charge in [0.1, 0.15) is 5.69 Å². The molecule has 0 aliphatic carbocycles. The molecule has 0 spiro atoms. The zero-order valence-electron chi connectivity index (χ0n) is 12.4. The second kappa shape index (κ2) is 6.69. The maximum atomic E-state index is 11.8. The van der Waals surface area contributed by atoms with E-state index in [2.05, 4.69) is 14.6 Å². The number of nitro benzene ring substituents is 1. The second-order valence-corrected chi connectivity index (χ2v) is 4.48. The summed E-state index contributed by atoms with van der Waals surface area (Å²) in [5, 5.41) is 14.6. The molecule has 0 N–H and O–H groups in total. The predicted octanol–water partition coefficient (Wildman–Crippen LogP) is 1.41. The molecular formula is C14H13N3O6. The molecule has 0 saturated carbocycles. The molecule has 2 aromatic rings. The third kappa shape index (κ3) is 3.51. The SMILES string of the molecule is COC(=O)c1cc(C(=O)OC)n(Cc2ccc([N+](=O)[O-])cc2)n1. The number of esters is 2. The van der Waals surface area contributed by atoms with Gasteiger partial charge in [0, 0.05) is 18.2 Å². The number of rotatable bonds is 5. The van der Waals surface area contributed by atoms with Crippen molar-refractivity contribution in [2.75, 3.05) is 14.2 Å². The van der Waals surface area contributed by atoms with Crippen molar-refractivity contribution >= 4 is 17.6 Å². The van der Waals surface area contributed by atoms with Gasteiger partial charge in [-0.15, -0.1) is 0 Å². The van der Waals surface area contributed by atoms with Crippen LogP contribution in [0, 0.1) is 10.1 Å². The van der Waals surface area contributed by atoms with Crippen molar-refractivity contribution in [3.05, 3.63) is 57.4 Å². The summed E-state index contributed by atoms with van der Waals surface area (Å²) in [7, 11) is 2.42. The highest BCUT2D eigenvalue weighted by Gasteiger charge is 2.20. The number of carbonyl (C=O) groups is 2. The number of carbonyl (C=O) groups excluding carboxylic acids is 2. The number of non-ortho nitro benzene ring substituents is 1. The van der Waals surface area contributed by atoms with Gasteiger partial charge in [0.15, 0.2) is 5.69 Å². The molecule has 9 nitrogen and oxygen atoms in total. The minimum absolute atomic E-state index is 0.0326. The van der Waals surface area contributed by atoms with Crippen molar-refractivity contribution in [2.45, 2.75) is 6.54 Å². The largest absolute Gasteiger partial charge is 0.464 e. The van der Waals surface area contributed by atoms with E-state index in [4.69, 9.17) is 0 Å².